The van der Waals surface area contributed by atoms with Gasteiger partial charge >= 0.3 is 0 Å². The Kier molecular flexibility index (Phi) is 6.64. The zero-order chi connectivity index (χ0) is 21.7. The van der Waals surface area contributed by atoms with Crippen molar-refractivity contribution in [2.75, 3.05) is 7.11 Å². The highest BCUT2D eigenvalue weighted by Gasteiger charge is 2.26. The van der Waals surface area contributed by atoms with Crippen LogP contribution in [0.25, 0.3) is 6.08 Å². The lowest BCUT2D eigenvalue weighted by Crippen LogP contribution is -2.51. The van der Waals surface area contributed by atoms with Crippen LogP contribution in [0.15, 0.2) is 54.6 Å². The highest BCUT2D eigenvalue weighted by Crippen LogP contribution is 2.35. The molecule has 154 valence electrons. The van der Waals surface area contributed by atoms with Crippen molar-refractivity contribution >= 4 is 35.2 Å². The highest BCUT2D eigenvalue weighted by molar-refractivity contribution is 7.80. The van der Waals surface area contributed by atoms with Gasteiger partial charge in [0.2, 0.25) is 0 Å². The smallest absolute Gasteiger partial charge is 0.263 e. The van der Waals surface area contributed by atoms with Crippen molar-refractivity contribution in [3.05, 3.63) is 76.9 Å². The average molecular weight is 423 g/mol. The van der Waals surface area contributed by atoms with Gasteiger partial charge in [-0.05, 0) is 54.9 Å². The number of thiocarbonyl (C=S) groups is 1. The van der Waals surface area contributed by atoms with Crippen molar-refractivity contribution in [2.45, 2.75) is 20.0 Å². The fraction of sp³-hybridized carbons (Fsp3) is 0.174. The molecule has 1 fully saturated rings. The second kappa shape index (κ2) is 9.37. The van der Waals surface area contributed by atoms with Crippen LogP contribution < -0.4 is 20.1 Å². The second-order valence-corrected chi connectivity index (χ2v) is 7.18. The zero-order valence-electron chi connectivity index (χ0n) is 16.8. The van der Waals surface area contributed by atoms with E-state index in [2.05, 4.69) is 17.2 Å². The minimum absolute atomic E-state index is 0.00747. The summed E-state index contributed by atoms with van der Waals surface area (Å²) in [6.07, 6.45) is 3.77. The Morgan fingerprint density at radius 1 is 1.10 bits per heavy atom. The minimum atomic E-state index is -0.548. The molecule has 7 heteroatoms. The maximum atomic E-state index is 12.1. The molecule has 0 spiro atoms. The van der Waals surface area contributed by atoms with E-state index in [1.165, 1.54) is 11.6 Å². The summed E-state index contributed by atoms with van der Waals surface area (Å²) in [5.74, 6) is -0.000298. The Bertz CT molecular complexity index is 1020. The van der Waals surface area contributed by atoms with Crippen LogP contribution in [0.5, 0.6) is 11.5 Å². The molecule has 1 heterocycles. The van der Waals surface area contributed by atoms with E-state index in [-0.39, 0.29) is 10.7 Å². The zero-order valence-corrected chi connectivity index (χ0v) is 17.6. The van der Waals surface area contributed by atoms with Gasteiger partial charge in [-0.3, -0.25) is 20.2 Å². The van der Waals surface area contributed by atoms with Crippen LogP contribution in [0.3, 0.4) is 0 Å². The van der Waals surface area contributed by atoms with E-state index < -0.39 is 11.8 Å². The number of carbonyl (C=O) groups is 2. The molecule has 0 aromatic heterocycles. The van der Waals surface area contributed by atoms with Gasteiger partial charge in [0.15, 0.2) is 16.6 Å². The molecule has 2 aromatic carbocycles. The van der Waals surface area contributed by atoms with Gasteiger partial charge < -0.3 is 9.47 Å². The van der Waals surface area contributed by atoms with Gasteiger partial charge in [-0.2, -0.15) is 0 Å². The van der Waals surface area contributed by atoms with Gasteiger partial charge in [0, 0.05) is 5.56 Å². The number of methoxy groups -OCH3 is 1. The number of allylic oxidation sites excluding steroid dienone is 1. The van der Waals surface area contributed by atoms with Crippen molar-refractivity contribution < 1.29 is 19.1 Å². The van der Waals surface area contributed by atoms with E-state index in [0.717, 1.165) is 11.1 Å². The molecule has 2 aromatic rings. The third kappa shape index (κ3) is 4.93. The summed E-state index contributed by atoms with van der Waals surface area (Å²) in [7, 11) is 1.54. The number of hydrogen-bond donors (Lipinski definition) is 2. The lowest BCUT2D eigenvalue weighted by Gasteiger charge is -2.18. The van der Waals surface area contributed by atoms with Crippen molar-refractivity contribution in [3.8, 4) is 11.5 Å². The molecule has 0 unspecified atom stereocenters. The lowest BCUT2D eigenvalue weighted by molar-refractivity contribution is -0.123. The summed E-state index contributed by atoms with van der Waals surface area (Å²) < 4.78 is 11.6. The minimum Gasteiger partial charge on any atom is -0.493 e. The number of amides is 2. The quantitative estimate of drug-likeness (QED) is 0.310. The first kappa shape index (κ1) is 21.3. The van der Waals surface area contributed by atoms with E-state index in [9.17, 15) is 9.59 Å². The van der Waals surface area contributed by atoms with Gasteiger partial charge in [0.25, 0.3) is 11.8 Å². The predicted octanol–water partition coefficient (Wildman–Crippen LogP) is 3.23. The summed E-state index contributed by atoms with van der Waals surface area (Å²) >= 11 is 4.83. The Hall–Kier alpha value is -3.45. The third-order valence-corrected chi connectivity index (χ3v) is 4.70. The molecule has 0 saturated carbocycles. The number of carbonyl (C=O) groups excluding carboxylic acids is 2. The predicted molar refractivity (Wildman–Crippen MR) is 119 cm³/mol. The molecule has 1 aliphatic rings. The molecule has 0 bridgehead atoms. The number of nitrogens with one attached hydrogen (secondary N) is 2. The van der Waals surface area contributed by atoms with Crippen LogP contribution in [0.2, 0.25) is 0 Å². The number of aryl methyl sites for hydroxylation is 1. The largest absolute Gasteiger partial charge is 0.493 e. The Morgan fingerprint density at radius 3 is 2.37 bits per heavy atom. The first-order chi connectivity index (χ1) is 14.4. The maximum absolute atomic E-state index is 12.1. The van der Waals surface area contributed by atoms with Crippen LogP contribution in [0.4, 0.5) is 0 Å². The molecular weight excluding hydrogens is 400 g/mol. The van der Waals surface area contributed by atoms with Crippen LogP contribution >= 0.6 is 12.2 Å². The molecule has 1 saturated heterocycles. The van der Waals surface area contributed by atoms with Crippen LogP contribution in [-0.2, 0) is 22.6 Å². The van der Waals surface area contributed by atoms with Gasteiger partial charge in [-0.25, -0.2) is 0 Å². The molecule has 6 nitrogen and oxygen atoms in total. The average Bonchev–Trinajstić information content (AvgIpc) is 2.71. The molecule has 2 amide bonds. The van der Waals surface area contributed by atoms with Gasteiger partial charge in [0.05, 0.1) is 7.11 Å². The first-order valence-electron chi connectivity index (χ1n) is 9.29. The van der Waals surface area contributed by atoms with Crippen molar-refractivity contribution in [1.29, 1.82) is 0 Å². The standard InChI is InChI=1S/C23H22N2O4S/c1-4-5-17-10-16(11-18-21(26)24-23(30)25-22(18)27)12-19(28-3)20(17)29-13-15-8-6-14(2)7-9-15/h4,6-12H,1,5,13H2,2-3H3,(H2,24,25,26,27,30). The Balaban J connectivity index is 1.94. The monoisotopic (exact) mass is 422 g/mol. The SMILES string of the molecule is C=CCc1cc(C=C2C(=O)NC(=S)NC2=O)cc(OC)c1OCc1ccc(C)cc1. The van der Waals surface area contributed by atoms with E-state index in [0.29, 0.717) is 30.1 Å². The normalized spacial score (nSPS) is 13.4. The topological polar surface area (TPSA) is 76.7 Å². The molecule has 0 atom stereocenters. The van der Waals surface area contributed by atoms with Crippen molar-refractivity contribution in [3.63, 3.8) is 0 Å². The summed E-state index contributed by atoms with van der Waals surface area (Å²) in [5.41, 5.74) is 3.63. The Morgan fingerprint density at radius 2 is 1.77 bits per heavy atom. The number of benzene rings is 2. The lowest BCUT2D eigenvalue weighted by atomic mass is 10.0. The summed E-state index contributed by atoms with van der Waals surface area (Å²) in [6.45, 7) is 6.21. The van der Waals surface area contributed by atoms with E-state index in [4.69, 9.17) is 21.7 Å². The van der Waals surface area contributed by atoms with E-state index >= 15 is 0 Å². The molecular formula is C23H22N2O4S. The molecule has 3 rings (SSSR count). The fourth-order valence-corrected chi connectivity index (χ4v) is 3.19. The summed E-state index contributed by atoms with van der Waals surface area (Å²) in [5, 5.41) is 4.84. The molecule has 30 heavy (non-hydrogen) atoms. The number of ether oxygens (including phenoxy) is 2. The number of rotatable bonds is 7. The first-order valence-corrected chi connectivity index (χ1v) is 9.70. The fourth-order valence-electron chi connectivity index (χ4n) is 3.00. The van der Waals surface area contributed by atoms with Crippen LogP contribution in [0.1, 0.15) is 22.3 Å². The molecule has 2 N–H and O–H groups in total. The maximum Gasteiger partial charge on any atom is 0.263 e. The highest BCUT2D eigenvalue weighted by atomic mass is 32.1. The van der Waals surface area contributed by atoms with Gasteiger partial charge in [-0.1, -0.05) is 35.9 Å². The Labute approximate surface area is 180 Å². The second-order valence-electron chi connectivity index (χ2n) is 6.77. The van der Waals surface area contributed by atoms with Gasteiger partial charge in [-0.15, -0.1) is 6.58 Å². The molecule has 0 aliphatic carbocycles. The third-order valence-electron chi connectivity index (χ3n) is 4.50. The van der Waals surface area contributed by atoms with Crippen LogP contribution in [-0.4, -0.2) is 24.0 Å². The number of hydrogen-bond acceptors (Lipinski definition) is 5. The van der Waals surface area contributed by atoms with Gasteiger partial charge in [0.1, 0.15) is 12.2 Å². The van der Waals surface area contributed by atoms with E-state index in [1.807, 2.05) is 37.3 Å². The summed E-state index contributed by atoms with van der Waals surface area (Å²) in [6, 6.07) is 11.6. The van der Waals surface area contributed by atoms with Crippen molar-refractivity contribution in [2.24, 2.45) is 0 Å². The molecule has 0 radical (unpaired) electrons. The van der Waals surface area contributed by atoms with Crippen molar-refractivity contribution in [1.82, 2.24) is 10.6 Å². The van der Waals surface area contributed by atoms with Crippen LogP contribution in [0, 0.1) is 6.92 Å². The summed E-state index contributed by atoms with van der Waals surface area (Å²) in [4.78, 5) is 24.3. The van der Waals surface area contributed by atoms with E-state index in [1.54, 1.807) is 19.3 Å². The molecule has 1 aliphatic heterocycles.